The van der Waals surface area contributed by atoms with Crippen LogP contribution in [-0.2, 0) is 9.59 Å². The van der Waals surface area contributed by atoms with Gasteiger partial charge in [0, 0.05) is 19.7 Å². The van der Waals surface area contributed by atoms with Gasteiger partial charge in [-0.05, 0) is 24.6 Å². The molecule has 0 fully saturated rings. The fraction of sp³-hybridized carbons (Fsp3) is 0.333. The lowest BCUT2D eigenvalue weighted by Crippen LogP contribution is -2.33. The predicted octanol–water partition coefficient (Wildman–Crippen LogP) is 2.94. The normalized spacial score (nSPS) is 11.4. The molecule has 0 spiro atoms. The van der Waals surface area contributed by atoms with Gasteiger partial charge < -0.3 is 19.7 Å². The lowest BCUT2D eigenvalue weighted by atomic mass is 10.0. The Kier molecular flexibility index (Phi) is 7.80. The molecule has 0 aliphatic carbocycles. The Hall–Kier alpha value is -3.09. The second kappa shape index (κ2) is 10.3. The van der Waals surface area contributed by atoms with Gasteiger partial charge in [-0.15, -0.1) is 0 Å². The molecule has 0 radical (unpaired) electrons. The molecule has 28 heavy (non-hydrogen) atoms. The summed E-state index contributed by atoms with van der Waals surface area (Å²) in [7, 11) is 3.31. The summed E-state index contributed by atoms with van der Waals surface area (Å²) in [5, 5.41) is 2.86. The molecule has 0 aromatic heterocycles. The molecule has 0 aliphatic rings. The van der Waals surface area contributed by atoms with E-state index in [0.29, 0.717) is 12.2 Å². The van der Waals surface area contributed by atoms with Gasteiger partial charge in [0.05, 0.1) is 6.04 Å². The molecule has 0 aliphatic heterocycles. The highest BCUT2D eigenvalue weighted by Gasteiger charge is 2.18. The first-order valence-corrected chi connectivity index (χ1v) is 9.01. The van der Waals surface area contributed by atoms with E-state index in [4.69, 9.17) is 9.47 Å². The molecule has 2 aromatic rings. The molecular weight excluding hydrogens is 363 g/mol. The van der Waals surface area contributed by atoms with Crippen molar-refractivity contribution < 1.29 is 23.5 Å². The van der Waals surface area contributed by atoms with Gasteiger partial charge in [0.15, 0.2) is 24.8 Å². The molecule has 0 saturated carbocycles. The Morgan fingerprint density at radius 2 is 1.61 bits per heavy atom. The highest BCUT2D eigenvalue weighted by atomic mass is 19.1. The predicted molar refractivity (Wildman–Crippen MR) is 104 cm³/mol. The molecule has 6 nitrogen and oxygen atoms in total. The van der Waals surface area contributed by atoms with Crippen LogP contribution in [0.1, 0.15) is 24.9 Å². The number of halogens is 1. The largest absolute Gasteiger partial charge is 0.483 e. The molecule has 1 N–H and O–H groups in total. The minimum Gasteiger partial charge on any atom is -0.483 e. The molecule has 0 saturated heterocycles. The number of carbonyl (C=O) groups is 2. The third-order valence-electron chi connectivity index (χ3n) is 4.08. The second-order valence-corrected chi connectivity index (χ2v) is 6.36. The quantitative estimate of drug-likeness (QED) is 0.717. The van der Waals surface area contributed by atoms with Crippen molar-refractivity contribution in [2.45, 2.75) is 19.4 Å². The summed E-state index contributed by atoms with van der Waals surface area (Å²) in [5.41, 5.74) is 0.760. The topological polar surface area (TPSA) is 67.9 Å². The molecule has 1 unspecified atom stereocenters. The van der Waals surface area contributed by atoms with Crippen molar-refractivity contribution in [3.63, 3.8) is 0 Å². The maximum Gasteiger partial charge on any atom is 0.259 e. The highest BCUT2D eigenvalue weighted by Crippen LogP contribution is 2.27. The van der Waals surface area contributed by atoms with Crippen LogP contribution in [0.15, 0.2) is 48.5 Å². The Morgan fingerprint density at radius 3 is 2.25 bits per heavy atom. The van der Waals surface area contributed by atoms with Gasteiger partial charge in [-0.3, -0.25) is 9.59 Å². The van der Waals surface area contributed by atoms with Crippen molar-refractivity contribution in [3.8, 4) is 11.5 Å². The number of rotatable bonds is 9. The number of nitrogens with zero attached hydrogens (tertiary/aromatic N) is 1. The summed E-state index contributed by atoms with van der Waals surface area (Å²) in [6.07, 6.45) is 0.605. The summed E-state index contributed by atoms with van der Waals surface area (Å²) in [5.74, 6) is -0.511. The van der Waals surface area contributed by atoms with Crippen molar-refractivity contribution >= 4 is 11.8 Å². The average molecular weight is 388 g/mol. The van der Waals surface area contributed by atoms with Gasteiger partial charge in [0.1, 0.15) is 5.75 Å². The molecular formula is C21H25FN2O4. The van der Waals surface area contributed by atoms with Gasteiger partial charge in [-0.25, -0.2) is 4.39 Å². The Morgan fingerprint density at radius 1 is 1.00 bits per heavy atom. The Labute approximate surface area is 164 Å². The number of carbonyl (C=O) groups excluding carboxylic acids is 2. The number of nitrogens with one attached hydrogen (secondary N) is 1. The summed E-state index contributed by atoms with van der Waals surface area (Å²) in [6.45, 7) is 1.52. The summed E-state index contributed by atoms with van der Waals surface area (Å²) < 4.78 is 24.5. The number of para-hydroxylation sites is 2. The molecule has 150 valence electrons. The van der Waals surface area contributed by atoms with Crippen LogP contribution in [0.5, 0.6) is 11.5 Å². The van der Waals surface area contributed by atoms with Gasteiger partial charge in [-0.1, -0.05) is 37.3 Å². The summed E-state index contributed by atoms with van der Waals surface area (Å²) in [4.78, 5) is 25.5. The van der Waals surface area contributed by atoms with Crippen molar-refractivity contribution in [2.24, 2.45) is 0 Å². The second-order valence-electron chi connectivity index (χ2n) is 6.36. The summed E-state index contributed by atoms with van der Waals surface area (Å²) in [6, 6.07) is 12.8. The van der Waals surface area contributed by atoms with Crippen LogP contribution in [0.25, 0.3) is 0 Å². The standard InChI is InChI=1S/C21H25FN2O4/c1-4-17(23-20(25)13-27-19-12-8-6-10-16(19)22)15-9-5-7-11-18(15)28-14-21(26)24(2)3/h5-12,17H,4,13-14H2,1-3H3,(H,23,25). The van der Waals surface area contributed by atoms with E-state index in [1.54, 1.807) is 38.4 Å². The van der Waals surface area contributed by atoms with Gasteiger partial charge in [0.25, 0.3) is 11.8 Å². The maximum atomic E-state index is 13.6. The van der Waals surface area contributed by atoms with Crippen LogP contribution >= 0.6 is 0 Å². The first kappa shape index (κ1) is 21.2. The number of hydrogen-bond donors (Lipinski definition) is 1. The monoisotopic (exact) mass is 388 g/mol. The van der Waals surface area contributed by atoms with Crippen LogP contribution in [0.2, 0.25) is 0 Å². The Balaban J connectivity index is 2.01. The van der Waals surface area contributed by atoms with Crippen molar-refractivity contribution in [3.05, 3.63) is 59.9 Å². The van der Waals surface area contributed by atoms with Crippen molar-refractivity contribution in [2.75, 3.05) is 27.3 Å². The first-order chi connectivity index (χ1) is 13.4. The van der Waals surface area contributed by atoms with E-state index in [2.05, 4.69) is 5.32 Å². The van der Waals surface area contributed by atoms with E-state index in [1.807, 2.05) is 19.1 Å². The van der Waals surface area contributed by atoms with Crippen LogP contribution in [0.3, 0.4) is 0 Å². The number of hydrogen-bond acceptors (Lipinski definition) is 4. The van der Waals surface area contributed by atoms with E-state index in [1.165, 1.54) is 17.0 Å². The minimum atomic E-state index is -0.522. The highest BCUT2D eigenvalue weighted by molar-refractivity contribution is 5.78. The molecule has 2 amide bonds. The fourth-order valence-electron chi connectivity index (χ4n) is 2.51. The lowest BCUT2D eigenvalue weighted by molar-refractivity contribution is -0.130. The van der Waals surface area contributed by atoms with Crippen LogP contribution in [0.4, 0.5) is 4.39 Å². The molecule has 1 atom stereocenters. The Bertz CT molecular complexity index is 810. The van der Waals surface area contributed by atoms with E-state index in [0.717, 1.165) is 5.56 Å². The van der Waals surface area contributed by atoms with Gasteiger partial charge in [-0.2, -0.15) is 0 Å². The zero-order valence-corrected chi connectivity index (χ0v) is 16.3. The van der Waals surface area contributed by atoms with Gasteiger partial charge in [0.2, 0.25) is 0 Å². The SMILES string of the molecule is CCC(NC(=O)COc1ccccc1F)c1ccccc1OCC(=O)N(C)C. The van der Waals surface area contributed by atoms with Crippen molar-refractivity contribution in [1.82, 2.24) is 10.2 Å². The van der Waals surface area contributed by atoms with E-state index < -0.39 is 5.82 Å². The van der Waals surface area contributed by atoms with Crippen LogP contribution in [-0.4, -0.2) is 44.0 Å². The van der Waals surface area contributed by atoms with E-state index in [9.17, 15) is 14.0 Å². The molecule has 0 bridgehead atoms. The average Bonchev–Trinajstić information content (AvgIpc) is 2.69. The van der Waals surface area contributed by atoms with E-state index >= 15 is 0 Å². The maximum absolute atomic E-state index is 13.6. The molecule has 2 rings (SSSR count). The third-order valence-corrected chi connectivity index (χ3v) is 4.08. The zero-order chi connectivity index (χ0) is 20.5. The molecule has 7 heteroatoms. The number of likely N-dealkylation sites (N-methyl/N-ethyl adjacent to an activating group) is 1. The molecule has 0 heterocycles. The number of benzene rings is 2. The van der Waals surface area contributed by atoms with Gasteiger partial charge >= 0.3 is 0 Å². The summed E-state index contributed by atoms with van der Waals surface area (Å²) >= 11 is 0. The fourth-order valence-corrected chi connectivity index (χ4v) is 2.51. The number of amides is 2. The number of ether oxygens (including phenoxy) is 2. The zero-order valence-electron chi connectivity index (χ0n) is 16.3. The van der Waals surface area contributed by atoms with Crippen molar-refractivity contribution in [1.29, 1.82) is 0 Å². The third kappa shape index (κ3) is 5.97. The first-order valence-electron chi connectivity index (χ1n) is 9.01. The minimum absolute atomic E-state index is 0.0247. The lowest BCUT2D eigenvalue weighted by Gasteiger charge is -2.21. The van der Waals surface area contributed by atoms with E-state index in [-0.39, 0.29) is 36.8 Å². The smallest absolute Gasteiger partial charge is 0.259 e. The van der Waals surface area contributed by atoms with Crippen LogP contribution in [0, 0.1) is 5.82 Å². The van der Waals surface area contributed by atoms with Crippen LogP contribution < -0.4 is 14.8 Å². The molecule has 2 aromatic carbocycles.